The number of hydrogen-bond donors (Lipinski definition) is 0. The lowest BCUT2D eigenvalue weighted by atomic mass is 9.98. The van der Waals surface area contributed by atoms with Crippen molar-refractivity contribution in [3.05, 3.63) is 70.1 Å². The topological polar surface area (TPSA) is 35.5 Å². The molecule has 0 N–H and O–H groups in total. The molecule has 30 heavy (non-hydrogen) atoms. The van der Waals surface area contributed by atoms with Crippen LogP contribution in [0.2, 0.25) is 0 Å². The molecule has 0 bridgehead atoms. The third kappa shape index (κ3) is 3.34. The maximum absolute atomic E-state index is 14.9. The highest BCUT2D eigenvalue weighted by Gasteiger charge is 2.36. The Labute approximate surface area is 173 Å². The number of Topliss-reactive ketones (excluding diaryl/α,β-unsaturated/α-hetero) is 1. The lowest BCUT2D eigenvalue weighted by Gasteiger charge is -2.20. The van der Waals surface area contributed by atoms with Crippen LogP contribution in [0.1, 0.15) is 29.1 Å². The van der Waals surface area contributed by atoms with Gasteiger partial charge in [-0.15, -0.1) is 11.3 Å². The molecule has 0 amide bonds. The molecule has 0 radical (unpaired) electrons. The average Bonchev–Trinajstić information content (AvgIpc) is 3.38. The lowest BCUT2D eigenvalue weighted by Crippen LogP contribution is -2.20. The average molecular weight is 436 g/mol. The number of benzene rings is 2. The highest BCUT2D eigenvalue weighted by molar-refractivity contribution is 7.15. The summed E-state index contributed by atoms with van der Waals surface area (Å²) in [6.07, 6.45) is 0. The van der Waals surface area contributed by atoms with Crippen LogP contribution in [0.15, 0.2) is 36.4 Å². The molecule has 0 unspecified atom stereocenters. The lowest BCUT2D eigenvalue weighted by molar-refractivity contribution is -0.146. The number of halogens is 4. The summed E-state index contributed by atoms with van der Waals surface area (Å²) in [5.74, 6) is -7.49. The van der Waals surface area contributed by atoms with Gasteiger partial charge in [-0.3, -0.25) is 4.79 Å². The first-order chi connectivity index (χ1) is 14.2. The molecule has 1 aromatic heterocycles. The molecule has 0 saturated carbocycles. The molecule has 1 aliphatic heterocycles. The van der Waals surface area contributed by atoms with Crippen molar-refractivity contribution in [2.24, 2.45) is 0 Å². The number of ketones is 1. The SMILES string of the molecule is CC(=O)c1cccc(-c2c(F)c(F)c(-c3ccc(C4(C)OCCO4)s3)c(F)c2F)c1. The number of rotatable bonds is 4. The second kappa shape index (κ2) is 7.61. The molecule has 2 aromatic carbocycles. The summed E-state index contributed by atoms with van der Waals surface area (Å²) < 4.78 is 70.6. The predicted octanol–water partition coefficient (Wildman–Crippen LogP) is 6.06. The first-order valence-corrected chi connectivity index (χ1v) is 9.90. The maximum atomic E-state index is 14.9. The van der Waals surface area contributed by atoms with E-state index in [1.165, 1.54) is 37.3 Å². The zero-order valence-electron chi connectivity index (χ0n) is 16.0. The molecule has 8 heteroatoms. The highest BCUT2D eigenvalue weighted by atomic mass is 32.1. The third-order valence-electron chi connectivity index (χ3n) is 4.96. The van der Waals surface area contributed by atoms with E-state index in [2.05, 4.69) is 0 Å². The van der Waals surface area contributed by atoms with Gasteiger partial charge in [0.1, 0.15) is 0 Å². The van der Waals surface area contributed by atoms with E-state index in [0.29, 0.717) is 18.1 Å². The van der Waals surface area contributed by atoms with Crippen LogP contribution in [0.25, 0.3) is 21.6 Å². The fraction of sp³-hybridized carbons (Fsp3) is 0.227. The molecule has 3 aromatic rings. The minimum Gasteiger partial charge on any atom is -0.343 e. The van der Waals surface area contributed by atoms with Crippen molar-refractivity contribution in [2.75, 3.05) is 13.2 Å². The predicted molar refractivity (Wildman–Crippen MR) is 104 cm³/mol. The summed E-state index contributed by atoms with van der Waals surface area (Å²) in [4.78, 5) is 12.1. The molecular weight excluding hydrogens is 420 g/mol. The molecule has 1 aliphatic rings. The van der Waals surface area contributed by atoms with Gasteiger partial charge in [0, 0.05) is 10.4 Å². The molecule has 0 spiro atoms. The van der Waals surface area contributed by atoms with Crippen LogP contribution in [0.4, 0.5) is 17.6 Å². The molecule has 0 aliphatic carbocycles. The molecule has 0 atom stereocenters. The zero-order chi connectivity index (χ0) is 21.6. The van der Waals surface area contributed by atoms with Crippen molar-refractivity contribution in [3.63, 3.8) is 0 Å². The van der Waals surface area contributed by atoms with Crippen LogP contribution in [-0.4, -0.2) is 19.0 Å². The van der Waals surface area contributed by atoms with Gasteiger partial charge in [-0.05, 0) is 37.6 Å². The standard InChI is InChI=1S/C22H16F4O3S/c1-11(27)12-4-3-5-13(10-12)16-18(23)20(25)17(21(26)19(16)24)14-6-7-15(30-14)22(2)28-8-9-29-22/h3-7,10H,8-9H2,1-2H3. The first-order valence-electron chi connectivity index (χ1n) is 9.09. The quantitative estimate of drug-likeness (QED) is 0.283. The monoisotopic (exact) mass is 436 g/mol. The highest BCUT2D eigenvalue weighted by Crippen LogP contribution is 2.43. The van der Waals surface area contributed by atoms with Crippen LogP contribution in [-0.2, 0) is 15.3 Å². The Hall–Kier alpha value is -2.55. The summed E-state index contributed by atoms with van der Waals surface area (Å²) in [5, 5.41) is 0. The van der Waals surface area contributed by atoms with Gasteiger partial charge in [0.15, 0.2) is 29.1 Å². The van der Waals surface area contributed by atoms with E-state index in [-0.39, 0.29) is 21.8 Å². The van der Waals surface area contributed by atoms with Gasteiger partial charge in [0.2, 0.25) is 5.79 Å². The Kier molecular flexibility index (Phi) is 5.25. The third-order valence-corrected chi connectivity index (χ3v) is 6.25. The van der Waals surface area contributed by atoms with Gasteiger partial charge in [-0.1, -0.05) is 18.2 Å². The van der Waals surface area contributed by atoms with Gasteiger partial charge in [0.25, 0.3) is 0 Å². The molecule has 156 valence electrons. The van der Waals surface area contributed by atoms with E-state index >= 15 is 0 Å². The van der Waals surface area contributed by atoms with E-state index in [1.54, 1.807) is 13.0 Å². The second-order valence-corrected chi connectivity index (χ2v) is 8.03. The van der Waals surface area contributed by atoms with Crippen LogP contribution in [0, 0.1) is 23.3 Å². The fourth-order valence-corrected chi connectivity index (χ4v) is 4.46. The van der Waals surface area contributed by atoms with Crippen LogP contribution in [0.3, 0.4) is 0 Å². The first kappa shape index (κ1) is 20.7. The van der Waals surface area contributed by atoms with Crippen LogP contribution >= 0.6 is 11.3 Å². The summed E-state index contributed by atoms with van der Waals surface area (Å²) in [5.41, 5.74) is -1.62. The van der Waals surface area contributed by atoms with E-state index < -0.39 is 40.2 Å². The van der Waals surface area contributed by atoms with Gasteiger partial charge in [-0.25, -0.2) is 17.6 Å². The summed E-state index contributed by atoms with van der Waals surface area (Å²) in [6, 6.07) is 8.23. The normalized spacial score (nSPS) is 15.5. The van der Waals surface area contributed by atoms with Crippen LogP contribution < -0.4 is 0 Å². The Bertz CT molecular complexity index is 1120. The zero-order valence-corrected chi connectivity index (χ0v) is 16.8. The Morgan fingerprint density at radius 2 is 1.53 bits per heavy atom. The smallest absolute Gasteiger partial charge is 0.201 e. The Morgan fingerprint density at radius 3 is 2.13 bits per heavy atom. The van der Waals surface area contributed by atoms with Gasteiger partial charge in [0.05, 0.1) is 29.2 Å². The second-order valence-electron chi connectivity index (χ2n) is 6.95. The van der Waals surface area contributed by atoms with E-state index in [1.807, 2.05) is 0 Å². The van der Waals surface area contributed by atoms with Gasteiger partial charge < -0.3 is 9.47 Å². The van der Waals surface area contributed by atoms with E-state index in [0.717, 1.165) is 11.3 Å². The van der Waals surface area contributed by atoms with E-state index in [4.69, 9.17) is 9.47 Å². The number of thiophene rings is 1. The van der Waals surface area contributed by atoms with Crippen molar-refractivity contribution in [1.82, 2.24) is 0 Å². The largest absolute Gasteiger partial charge is 0.343 e. The summed E-state index contributed by atoms with van der Waals surface area (Å²) >= 11 is 0.928. The Balaban J connectivity index is 1.84. The number of carbonyl (C=O) groups excluding carboxylic acids is 1. The van der Waals surface area contributed by atoms with Gasteiger partial charge >= 0.3 is 0 Å². The minimum absolute atomic E-state index is 0.00200. The van der Waals surface area contributed by atoms with Crippen molar-refractivity contribution >= 4 is 17.1 Å². The molecule has 1 saturated heterocycles. The van der Waals surface area contributed by atoms with Crippen molar-refractivity contribution < 1.29 is 31.8 Å². The van der Waals surface area contributed by atoms with Crippen molar-refractivity contribution in [3.8, 4) is 21.6 Å². The molecular formula is C22H16F4O3S. The summed E-state index contributed by atoms with van der Waals surface area (Å²) in [6.45, 7) is 3.67. The Morgan fingerprint density at radius 1 is 0.933 bits per heavy atom. The molecule has 1 fully saturated rings. The minimum atomic E-state index is -1.53. The number of ether oxygens (including phenoxy) is 2. The number of carbonyl (C=O) groups is 1. The van der Waals surface area contributed by atoms with Crippen LogP contribution in [0.5, 0.6) is 0 Å². The maximum Gasteiger partial charge on any atom is 0.201 e. The van der Waals surface area contributed by atoms with Crippen molar-refractivity contribution in [1.29, 1.82) is 0 Å². The van der Waals surface area contributed by atoms with Crippen molar-refractivity contribution in [2.45, 2.75) is 19.6 Å². The van der Waals surface area contributed by atoms with Gasteiger partial charge in [-0.2, -0.15) is 0 Å². The number of hydrogen-bond acceptors (Lipinski definition) is 4. The fourth-order valence-electron chi connectivity index (χ4n) is 3.37. The molecule has 2 heterocycles. The molecule has 4 rings (SSSR count). The van der Waals surface area contributed by atoms with E-state index in [9.17, 15) is 22.4 Å². The summed E-state index contributed by atoms with van der Waals surface area (Å²) in [7, 11) is 0. The molecule has 3 nitrogen and oxygen atoms in total.